The average molecular weight is 1020 g/mol. The van der Waals surface area contributed by atoms with Crippen LogP contribution in [0.3, 0.4) is 0 Å². The minimum Gasteiger partial charge on any atom is -0.310 e. The maximum atomic E-state index is 2.50. The van der Waals surface area contributed by atoms with Gasteiger partial charge in [-0.2, -0.15) is 0 Å². The molecule has 2 spiro atoms. The fourth-order valence-electron chi connectivity index (χ4n) is 16.6. The van der Waals surface area contributed by atoms with Crippen LogP contribution in [0.1, 0.15) is 44.5 Å². The maximum Gasteiger partial charge on any atom is 0.0737 e. The molecule has 15 aromatic carbocycles. The molecule has 0 aliphatic heterocycles. The number of para-hydroxylation sites is 1. The van der Waals surface area contributed by atoms with Gasteiger partial charge in [0, 0.05) is 17.1 Å². The molecule has 0 amide bonds. The summed E-state index contributed by atoms with van der Waals surface area (Å²) in [4.78, 5) is 2.50. The van der Waals surface area contributed by atoms with Crippen LogP contribution in [0.5, 0.6) is 0 Å². The largest absolute Gasteiger partial charge is 0.310 e. The van der Waals surface area contributed by atoms with Crippen LogP contribution in [0.25, 0.3) is 109 Å². The predicted molar refractivity (Wildman–Crippen MR) is 339 cm³/mol. The van der Waals surface area contributed by atoms with Gasteiger partial charge in [0.1, 0.15) is 0 Å². The molecule has 4 aliphatic carbocycles. The van der Waals surface area contributed by atoms with Gasteiger partial charge in [0.2, 0.25) is 0 Å². The number of anilines is 3. The Balaban J connectivity index is 0.900. The molecule has 0 fully saturated rings. The molecule has 0 saturated heterocycles. The fraction of sp³-hybridized carbons (Fsp3) is 0.0250. The van der Waals surface area contributed by atoms with E-state index in [4.69, 9.17) is 0 Å². The van der Waals surface area contributed by atoms with E-state index in [0.717, 1.165) is 17.1 Å². The summed E-state index contributed by atoms with van der Waals surface area (Å²) in [5.41, 5.74) is 23.7. The highest BCUT2D eigenvalue weighted by Gasteiger charge is 2.55. The predicted octanol–water partition coefficient (Wildman–Crippen LogP) is 20.8. The Bertz CT molecular complexity index is 4910. The van der Waals surface area contributed by atoms with Crippen LogP contribution in [0, 0.1) is 0 Å². The van der Waals surface area contributed by atoms with Gasteiger partial charge in [-0.1, -0.05) is 249 Å². The zero-order valence-corrected chi connectivity index (χ0v) is 44.1. The van der Waals surface area contributed by atoms with Crippen LogP contribution in [0.4, 0.5) is 17.1 Å². The van der Waals surface area contributed by atoms with E-state index >= 15 is 0 Å². The highest BCUT2D eigenvalue weighted by molar-refractivity contribution is 6.24. The summed E-state index contributed by atoms with van der Waals surface area (Å²) < 4.78 is 0. The second kappa shape index (κ2) is 15.7. The summed E-state index contributed by atoms with van der Waals surface area (Å²) >= 11 is 0. The highest BCUT2D eigenvalue weighted by atomic mass is 15.1. The first-order valence-electron chi connectivity index (χ1n) is 28.5. The minimum atomic E-state index is -0.551. The van der Waals surface area contributed by atoms with Gasteiger partial charge in [-0.25, -0.2) is 0 Å². The van der Waals surface area contributed by atoms with Gasteiger partial charge in [0.15, 0.2) is 0 Å². The number of hydrogen-bond acceptors (Lipinski definition) is 1. The number of fused-ring (bicyclic) bond motifs is 34. The third-order valence-electron chi connectivity index (χ3n) is 19.4. The van der Waals surface area contributed by atoms with Crippen molar-refractivity contribution in [2.45, 2.75) is 10.8 Å². The van der Waals surface area contributed by atoms with Crippen molar-refractivity contribution < 1.29 is 0 Å². The van der Waals surface area contributed by atoms with Gasteiger partial charge in [-0.05, 0) is 190 Å². The summed E-state index contributed by atoms with van der Waals surface area (Å²) in [6.07, 6.45) is 0. The monoisotopic (exact) mass is 1020 g/mol. The summed E-state index contributed by atoms with van der Waals surface area (Å²) in [5.74, 6) is 0. The molecule has 0 saturated carbocycles. The number of benzene rings is 15. The van der Waals surface area contributed by atoms with Crippen molar-refractivity contribution >= 4 is 81.7 Å². The Hall–Kier alpha value is -10.3. The van der Waals surface area contributed by atoms with Gasteiger partial charge in [0.25, 0.3) is 0 Å². The molecule has 1 nitrogen and oxygen atoms in total. The second-order valence-electron chi connectivity index (χ2n) is 22.8. The van der Waals surface area contributed by atoms with Crippen LogP contribution in [-0.4, -0.2) is 0 Å². The summed E-state index contributed by atoms with van der Waals surface area (Å²) in [6, 6.07) is 109. The van der Waals surface area contributed by atoms with Crippen molar-refractivity contribution in [3.63, 3.8) is 0 Å². The molecule has 0 N–H and O–H groups in total. The van der Waals surface area contributed by atoms with E-state index in [2.05, 4.69) is 290 Å². The van der Waals surface area contributed by atoms with Crippen molar-refractivity contribution in [2.24, 2.45) is 0 Å². The number of rotatable bonds is 3. The van der Waals surface area contributed by atoms with E-state index in [1.165, 1.54) is 154 Å². The maximum absolute atomic E-state index is 2.50. The summed E-state index contributed by atoms with van der Waals surface area (Å²) in [6.45, 7) is 0. The lowest BCUT2D eigenvalue weighted by atomic mass is 9.68. The molecule has 4 aliphatic rings. The second-order valence-corrected chi connectivity index (χ2v) is 22.8. The molecular formula is C80H47N. The van der Waals surface area contributed by atoms with E-state index in [9.17, 15) is 0 Å². The first-order valence-corrected chi connectivity index (χ1v) is 28.5. The van der Waals surface area contributed by atoms with Crippen LogP contribution >= 0.6 is 0 Å². The molecule has 0 heterocycles. The van der Waals surface area contributed by atoms with Crippen LogP contribution in [0.2, 0.25) is 0 Å². The van der Waals surface area contributed by atoms with Crippen molar-refractivity contribution in [3.05, 3.63) is 330 Å². The normalized spacial score (nSPS) is 14.1. The molecule has 1 heteroatoms. The molecule has 0 aromatic heterocycles. The number of nitrogens with zero attached hydrogens (tertiary/aromatic N) is 1. The van der Waals surface area contributed by atoms with Crippen molar-refractivity contribution in [3.8, 4) is 44.5 Å². The van der Waals surface area contributed by atoms with Gasteiger partial charge in [-0.15, -0.1) is 0 Å². The molecular weight excluding hydrogens is 975 g/mol. The average Bonchev–Trinajstić information content (AvgIpc) is 1.68. The van der Waals surface area contributed by atoms with E-state index in [1.807, 2.05) is 0 Å². The van der Waals surface area contributed by atoms with Gasteiger partial charge in [0.05, 0.1) is 10.8 Å². The van der Waals surface area contributed by atoms with Gasteiger partial charge >= 0.3 is 0 Å². The fourth-order valence-corrected chi connectivity index (χ4v) is 16.6. The lowest BCUT2D eigenvalue weighted by Crippen LogP contribution is -2.26. The van der Waals surface area contributed by atoms with Crippen LogP contribution in [-0.2, 0) is 10.8 Å². The minimum absolute atomic E-state index is 0.551. The van der Waals surface area contributed by atoms with Gasteiger partial charge in [-0.3, -0.25) is 0 Å². The quantitative estimate of drug-likeness (QED) is 0.159. The topological polar surface area (TPSA) is 3.24 Å². The molecule has 81 heavy (non-hydrogen) atoms. The molecule has 0 unspecified atom stereocenters. The van der Waals surface area contributed by atoms with Gasteiger partial charge < -0.3 is 4.90 Å². The molecule has 372 valence electrons. The Kier molecular flexibility index (Phi) is 8.45. The Morgan fingerprint density at radius 3 is 0.963 bits per heavy atom. The number of hydrogen-bond donors (Lipinski definition) is 0. The van der Waals surface area contributed by atoms with E-state index < -0.39 is 10.8 Å². The smallest absolute Gasteiger partial charge is 0.0737 e. The van der Waals surface area contributed by atoms with Crippen LogP contribution in [0.15, 0.2) is 285 Å². The lowest BCUT2D eigenvalue weighted by molar-refractivity contribution is 0.809. The van der Waals surface area contributed by atoms with Crippen LogP contribution < -0.4 is 4.90 Å². The zero-order chi connectivity index (χ0) is 52.7. The SMILES string of the molecule is c1ccc(N(c2ccc3c4c(c5ccccc5c3c2)-c2ccc3ccccc3c2C42c3ccccc3-c3ccccc32)c2ccc3c4c(c5ccccc5c3c2)-c2ccc3ccccc3c2C42c3ccccc3-c3ccccc32)cc1. The van der Waals surface area contributed by atoms with Crippen molar-refractivity contribution in [1.82, 2.24) is 0 Å². The van der Waals surface area contributed by atoms with E-state index in [0.29, 0.717) is 0 Å². The molecule has 0 bridgehead atoms. The summed E-state index contributed by atoms with van der Waals surface area (Å²) in [5, 5.41) is 15.3. The van der Waals surface area contributed by atoms with Crippen molar-refractivity contribution in [1.29, 1.82) is 0 Å². The first-order chi connectivity index (χ1) is 40.2. The zero-order valence-electron chi connectivity index (χ0n) is 44.1. The highest BCUT2D eigenvalue weighted by Crippen LogP contribution is 2.69. The third kappa shape index (κ3) is 5.28. The Morgan fingerprint density at radius 2 is 0.543 bits per heavy atom. The standard InChI is InChI=1S/C80H47N/c1-2-22-50(23-3-1)81(51-40-44-63-67(46-51)55-26-8-10-32-61(55)73-65-42-38-48-20-4-6-24-53(48)75(65)79(77(63)73)69-34-16-12-28-57(69)58-29-13-17-35-70(58)79)52-41-45-64-68(47-52)56-27-9-11-33-62(56)74-66-43-39-49-21-5-7-25-54(49)76(66)80(78(64)74)71-36-18-14-30-59(71)60-31-15-19-37-72(60)80/h1-47H. The third-order valence-corrected chi connectivity index (χ3v) is 19.4. The Labute approximate surface area is 468 Å². The molecule has 0 radical (unpaired) electrons. The first kappa shape index (κ1) is 43.6. The van der Waals surface area contributed by atoms with E-state index in [-0.39, 0.29) is 0 Å². The lowest BCUT2D eigenvalue weighted by Gasteiger charge is -2.33. The molecule has 0 atom stereocenters. The molecule has 19 rings (SSSR count). The molecule has 15 aromatic rings. The summed E-state index contributed by atoms with van der Waals surface area (Å²) in [7, 11) is 0. The van der Waals surface area contributed by atoms with Crippen molar-refractivity contribution in [2.75, 3.05) is 4.90 Å². The van der Waals surface area contributed by atoms with E-state index in [1.54, 1.807) is 0 Å². The Morgan fingerprint density at radius 1 is 0.198 bits per heavy atom.